The summed E-state index contributed by atoms with van der Waals surface area (Å²) < 4.78 is 2.18. The molecule has 3 aromatic rings. The van der Waals surface area contributed by atoms with Crippen LogP contribution >= 0.6 is 0 Å². The van der Waals surface area contributed by atoms with Crippen LogP contribution in [0.2, 0.25) is 0 Å². The second-order valence-electron chi connectivity index (χ2n) is 5.20. The molecule has 0 unspecified atom stereocenters. The minimum absolute atomic E-state index is 0.848. The average Bonchev–Trinajstić information content (AvgIpc) is 2.83. The molecule has 0 amide bonds. The van der Waals surface area contributed by atoms with Crippen LogP contribution in [-0.2, 0) is 6.54 Å². The maximum absolute atomic E-state index is 4.54. The van der Waals surface area contributed by atoms with Gasteiger partial charge in [0, 0.05) is 6.54 Å². The Kier molecular flexibility index (Phi) is 3.28. The average molecular weight is 265 g/mol. The lowest BCUT2D eigenvalue weighted by molar-refractivity contribution is 0.809. The standard InChI is InChI=1S/C17H19N3/c1-12-8-15-17(9-13(12)2)20(11-19-15)16-7-5-4-6-14(16)10-18-3/h4-9,11,18H,10H2,1-3H3. The zero-order valence-electron chi connectivity index (χ0n) is 12.1. The summed E-state index contributed by atoms with van der Waals surface area (Å²) >= 11 is 0. The Morgan fingerprint density at radius 1 is 1.10 bits per heavy atom. The molecule has 102 valence electrons. The number of hydrogen-bond acceptors (Lipinski definition) is 2. The van der Waals surface area contributed by atoms with Crippen LogP contribution < -0.4 is 5.32 Å². The molecule has 3 nitrogen and oxygen atoms in total. The van der Waals surface area contributed by atoms with Crippen molar-refractivity contribution in [1.82, 2.24) is 14.9 Å². The quantitative estimate of drug-likeness (QED) is 0.787. The lowest BCUT2D eigenvalue weighted by Gasteiger charge is -2.11. The molecular formula is C17H19N3. The maximum atomic E-state index is 4.54. The van der Waals surface area contributed by atoms with Crippen LogP contribution in [0.1, 0.15) is 16.7 Å². The second kappa shape index (κ2) is 5.10. The van der Waals surface area contributed by atoms with Crippen LogP contribution in [0.5, 0.6) is 0 Å². The van der Waals surface area contributed by atoms with E-state index in [1.54, 1.807) is 0 Å². The Bertz CT molecular complexity index is 756. The summed E-state index contributed by atoms with van der Waals surface area (Å²) in [6.07, 6.45) is 1.91. The number of rotatable bonds is 3. The van der Waals surface area contributed by atoms with Crippen molar-refractivity contribution in [2.75, 3.05) is 7.05 Å². The molecule has 1 heterocycles. The number of para-hydroxylation sites is 1. The molecule has 0 aliphatic carbocycles. The molecule has 0 bridgehead atoms. The van der Waals surface area contributed by atoms with E-state index in [0.29, 0.717) is 0 Å². The van der Waals surface area contributed by atoms with Crippen molar-refractivity contribution in [2.45, 2.75) is 20.4 Å². The third-order valence-corrected chi connectivity index (χ3v) is 3.78. The molecule has 3 rings (SSSR count). The zero-order chi connectivity index (χ0) is 14.1. The van der Waals surface area contributed by atoms with E-state index in [1.165, 1.54) is 22.4 Å². The molecule has 0 saturated carbocycles. The highest BCUT2D eigenvalue weighted by Gasteiger charge is 2.09. The number of imidazole rings is 1. The molecule has 0 spiro atoms. The van der Waals surface area contributed by atoms with Crippen molar-refractivity contribution in [3.63, 3.8) is 0 Å². The van der Waals surface area contributed by atoms with Crippen molar-refractivity contribution in [3.8, 4) is 5.69 Å². The number of fused-ring (bicyclic) bond motifs is 1. The summed E-state index contributed by atoms with van der Waals surface area (Å²) in [5, 5.41) is 3.22. The molecule has 3 heteroatoms. The first kappa shape index (κ1) is 12.9. The van der Waals surface area contributed by atoms with Gasteiger partial charge in [-0.25, -0.2) is 4.98 Å². The lowest BCUT2D eigenvalue weighted by atomic mass is 10.1. The van der Waals surface area contributed by atoms with E-state index in [2.05, 4.69) is 65.1 Å². The smallest absolute Gasteiger partial charge is 0.100 e. The highest BCUT2D eigenvalue weighted by atomic mass is 15.1. The summed E-state index contributed by atoms with van der Waals surface area (Å²) in [7, 11) is 1.97. The Morgan fingerprint density at radius 2 is 1.85 bits per heavy atom. The Morgan fingerprint density at radius 3 is 2.65 bits per heavy atom. The van der Waals surface area contributed by atoms with Crippen LogP contribution in [0.25, 0.3) is 16.7 Å². The van der Waals surface area contributed by atoms with Crippen LogP contribution in [0, 0.1) is 13.8 Å². The molecule has 1 aromatic heterocycles. The molecule has 0 atom stereocenters. The molecule has 1 N–H and O–H groups in total. The van der Waals surface area contributed by atoms with Gasteiger partial charge in [0.1, 0.15) is 6.33 Å². The van der Waals surface area contributed by atoms with Gasteiger partial charge in [0.05, 0.1) is 16.7 Å². The number of aryl methyl sites for hydroxylation is 2. The fraction of sp³-hybridized carbons (Fsp3) is 0.235. The number of nitrogens with zero attached hydrogens (tertiary/aromatic N) is 2. The minimum atomic E-state index is 0.848. The predicted octanol–water partition coefficient (Wildman–Crippen LogP) is 3.36. The first-order chi connectivity index (χ1) is 9.70. The van der Waals surface area contributed by atoms with Gasteiger partial charge < -0.3 is 5.32 Å². The minimum Gasteiger partial charge on any atom is -0.316 e. The molecule has 0 saturated heterocycles. The van der Waals surface area contributed by atoms with Crippen molar-refractivity contribution < 1.29 is 0 Å². The largest absolute Gasteiger partial charge is 0.316 e. The van der Waals surface area contributed by atoms with Crippen molar-refractivity contribution in [3.05, 3.63) is 59.4 Å². The van der Waals surface area contributed by atoms with E-state index < -0.39 is 0 Å². The van der Waals surface area contributed by atoms with E-state index in [9.17, 15) is 0 Å². The van der Waals surface area contributed by atoms with Gasteiger partial charge in [-0.1, -0.05) is 18.2 Å². The molecule has 20 heavy (non-hydrogen) atoms. The second-order valence-corrected chi connectivity index (χ2v) is 5.20. The Labute approximate surface area is 119 Å². The van der Waals surface area contributed by atoms with Crippen molar-refractivity contribution >= 4 is 11.0 Å². The highest BCUT2D eigenvalue weighted by Crippen LogP contribution is 2.23. The lowest BCUT2D eigenvalue weighted by Crippen LogP contribution is -2.08. The van der Waals surface area contributed by atoms with E-state index in [1.807, 2.05) is 13.4 Å². The summed E-state index contributed by atoms with van der Waals surface area (Å²) in [5.41, 5.74) is 7.25. The molecular weight excluding hydrogens is 246 g/mol. The zero-order valence-corrected chi connectivity index (χ0v) is 12.1. The first-order valence-electron chi connectivity index (χ1n) is 6.88. The van der Waals surface area contributed by atoms with Gasteiger partial charge in [0.25, 0.3) is 0 Å². The monoisotopic (exact) mass is 265 g/mol. The molecule has 0 aliphatic heterocycles. The van der Waals surface area contributed by atoms with Gasteiger partial charge in [0.2, 0.25) is 0 Å². The number of aromatic nitrogens is 2. The fourth-order valence-electron chi connectivity index (χ4n) is 2.54. The van der Waals surface area contributed by atoms with Gasteiger partial charge in [-0.3, -0.25) is 4.57 Å². The fourth-order valence-corrected chi connectivity index (χ4v) is 2.54. The normalized spacial score (nSPS) is 11.2. The summed E-state index contributed by atoms with van der Waals surface area (Å²) in [5.74, 6) is 0. The summed E-state index contributed by atoms with van der Waals surface area (Å²) in [6, 6.07) is 12.8. The number of benzene rings is 2. The van der Waals surface area contributed by atoms with Crippen LogP contribution in [-0.4, -0.2) is 16.6 Å². The predicted molar refractivity (Wildman–Crippen MR) is 83.3 cm³/mol. The van der Waals surface area contributed by atoms with Gasteiger partial charge in [-0.05, 0) is 55.8 Å². The maximum Gasteiger partial charge on any atom is 0.100 e. The Hall–Kier alpha value is -2.13. The SMILES string of the molecule is CNCc1ccccc1-n1cnc2cc(C)c(C)cc21. The van der Waals surface area contributed by atoms with Crippen molar-refractivity contribution in [1.29, 1.82) is 0 Å². The van der Waals surface area contributed by atoms with Gasteiger partial charge in [-0.15, -0.1) is 0 Å². The molecule has 0 radical (unpaired) electrons. The van der Waals surface area contributed by atoms with Crippen LogP contribution in [0.15, 0.2) is 42.7 Å². The number of hydrogen-bond donors (Lipinski definition) is 1. The third kappa shape index (κ3) is 2.10. The first-order valence-corrected chi connectivity index (χ1v) is 6.88. The van der Waals surface area contributed by atoms with Crippen LogP contribution in [0.3, 0.4) is 0 Å². The topological polar surface area (TPSA) is 29.9 Å². The van der Waals surface area contributed by atoms with E-state index in [-0.39, 0.29) is 0 Å². The van der Waals surface area contributed by atoms with Gasteiger partial charge in [0.15, 0.2) is 0 Å². The van der Waals surface area contributed by atoms with E-state index in [4.69, 9.17) is 0 Å². The van der Waals surface area contributed by atoms with Gasteiger partial charge >= 0.3 is 0 Å². The molecule has 0 fully saturated rings. The Balaban J connectivity index is 2.22. The van der Waals surface area contributed by atoms with Crippen molar-refractivity contribution in [2.24, 2.45) is 0 Å². The van der Waals surface area contributed by atoms with Crippen LogP contribution in [0.4, 0.5) is 0 Å². The molecule has 0 aliphatic rings. The van der Waals surface area contributed by atoms with E-state index >= 15 is 0 Å². The third-order valence-electron chi connectivity index (χ3n) is 3.78. The summed E-state index contributed by atoms with van der Waals surface area (Å²) in [6.45, 7) is 5.12. The number of nitrogens with one attached hydrogen (secondary N) is 1. The summed E-state index contributed by atoms with van der Waals surface area (Å²) in [4.78, 5) is 4.54. The van der Waals surface area contributed by atoms with Gasteiger partial charge in [-0.2, -0.15) is 0 Å². The van der Waals surface area contributed by atoms with E-state index in [0.717, 1.165) is 17.6 Å². The highest BCUT2D eigenvalue weighted by molar-refractivity contribution is 5.79. The molecule has 2 aromatic carbocycles.